The first-order valence-electron chi connectivity index (χ1n) is 12.1. The summed E-state index contributed by atoms with van der Waals surface area (Å²) in [5.41, 5.74) is 6.96. The Labute approximate surface area is 219 Å². The molecule has 0 amide bonds. The van der Waals surface area contributed by atoms with E-state index in [1.807, 2.05) is 41.0 Å². The molecule has 13 heteroatoms. The number of methoxy groups -OCH3 is 2. The number of esters is 1. The normalized spacial score (nSPS) is 19.4. The Morgan fingerprint density at radius 3 is 2.71 bits per heavy atom. The maximum atomic E-state index is 13.9. The predicted molar refractivity (Wildman–Crippen MR) is 141 cm³/mol. The third kappa shape index (κ3) is 5.15. The SMILES string of the molecule is COC(=O)[C@H](C)NP(=O)(OC[C@H]1C[C@@H](n2cnc3c(OC)nc(N)nc32)C1)Oc1cccc2ccccc12. The molecule has 2 heterocycles. The average Bonchev–Trinajstić information content (AvgIpc) is 3.30. The van der Waals surface area contributed by atoms with Crippen molar-refractivity contribution < 1.29 is 27.9 Å². The largest absolute Gasteiger partial charge is 0.479 e. The van der Waals surface area contributed by atoms with E-state index in [9.17, 15) is 9.36 Å². The molecule has 38 heavy (non-hydrogen) atoms. The first-order valence-corrected chi connectivity index (χ1v) is 13.7. The van der Waals surface area contributed by atoms with Gasteiger partial charge >= 0.3 is 13.7 Å². The van der Waals surface area contributed by atoms with Crippen molar-refractivity contribution in [3.8, 4) is 11.6 Å². The number of carbonyl (C=O) groups is 1. The maximum Gasteiger partial charge on any atom is 0.459 e. The number of ether oxygens (including phenoxy) is 2. The summed E-state index contributed by atoms with van der Waals surface area (Å²) in [4.78, 5) is 24.8. The Morgan fingerprint density at radius 2 is 1.95 bits per heavy atom. The van der Waals surface area contributed by atoms with Crippen LogP contribution in [0.15, 0.2) is 48.8 Å². The summed E-state index contributed by atoms with van der Waals surface area (Å²) in [6.07, 6.45) is 3.16. The lowest BCUT2D eigenvalue weighted by Crippen LogP contribution is -2.36. The van der Waals surface area contributed by atoms with Gasteiger partial charge in [0.15, 0.2) is 11.2 Å². The molecule has 3 N–H and O–H groups in total. The maximum absolute atomic E-state index is 13.9. The van der Waals surface area contributed by atoms with Crippen LogP contribution in [0.2, 0.25) is 0 Å². The second-order valence-electron chi connectivity index (χ2n) is 9.14. The zero-order chi connectivity index (χ0) is 26.9. The molecule has 0 spiro atoms. The third-order valence-corrected chi connectivity index (χ3v) is 8.19. The van der Waals surface area contributed by atoms with Crippen LogP contribution in [0.1, 0.15) is 25.8 Å². The quantitative estimate of drug-likeness (QED) is 0.223. The summed E-state index contributed by atoms with van der Waals surface area (Å²) < 4.78 is 37.7. The van der Waals surface area contributed by atoms with Crippen LogP contribution in [0.3, 0.4) is 0 Å². The molecule has 5 rings (SSSR count). The van der Waals surface area contributed by atoms with Crippen molar-refractivity contribution in [3.63, 3.8) is 0 Å². The number of fused-ring (bicyclic) bond motifs is 2. The molecule has 0 radical (unpaired) electrons. The van der Waals surface area contributed by atoms with Gasteiger partial charge in [-0.15, -0.1) is 0 Å². The van der Waals surface area contributed by atoms with E-state index in [0.29, 0.717) is 22.8 Å². The minimum absolute atomic E-state index is 0.0956. The zero-order valence-corrected chi connectivity index (χ0v) is 22.1. The third-order valence-electron chi connectivity index (χ3n) is 6.56. The second-order valence-corrected chi connectivity index (χ2v) is 10.8. The Hall–Kier alpha value is -3.73. The van der Waals surface area contributed by atoms with Gasteiger partial charge in [-0.3, -0.25) is 9.32 Å². The molecule has 200 valence electrons. The van der Waals surface area contributed by atoms with Gasteiger partial charge in [0.2, 0.25) is 11.8 Å². The van der Waals surface area contributed by atoms with Crippen molar-refractivity contribution in [1.82, 2.24) is 24.6 Å². The predicted octanol–water partition coefficient (Wildman–Crippen LogP) is 3.88. The second kappa shape index (κ2) is 10.6. The number of nitrogens with two attached hydrogens (primary N) is 1. The number of anilines is 1. The number of hydrogen-bond donors (Lipinski definition) is 2. The number of rotatable bonds is 10. The molecule has 4 aromatic rings. The summed E-state index contributed by atoms with van der Waals surface area (Å²) in [7, 11) is -1.19. The van der Waals surface area contributed by atoms with Crippen molar-refractivity contribution in [1.29, 1.82) is 0 Å². The van der Waals surface area contributed by atoms with Crippen molar-refractivity contribution in [2.45, 2.75) is 31.8 Å². The topological polar surface area (TPSA) is 153 Å². The molecule has 1 fully saturated rings. The minimum Gasteiger partial charge on any atom is -0.479 e. The lowest BCUT2D eigenvalue weighted by molar-refractivity contribution is -0.142. The number of carbonyl (C=O) groups excluding carboxylic acids is 1. The molecule has 2 aromatic carbocycles. The number of aromatic nitrogens is 4. The molecule has 12 nitrogen and oxygen atoms in total. The highest BCUT2D eigenvalue weighted by Gasteiger charge is 2.37. The summed E-state index contributed by atoms with van der Waals surface area (Å²) in [5.74, 6) is 0.329. The fourth-order valence-corrected chi connectivity index (χ4v) is 6.13. The molecule has 1 unspecified atom stereocenters. The van der Waals surface area contributed by atoms with E-state index < -0.39 is 19.8 Å². The summed E-state index contributed by atoms with van der Waals surface area (Å²) in [6, 6.07) is 12.2. The van der Waals surface area contributed by atoms with Crippen molar-refractivity contribution >= 4 is 41.6 Å². The smallest absolute Gasteiger partial charge is 0.459 e. The van der Waals surface area contributed by atoms with Crippen LogP contribution >= 0.6 is 7.75 Å². The Bertz CT molecular complexity index is 1520. The van der Waals surface area contributed by atoms with Gasteiger partial charge in [-0.25, -0.2) is 9.55 Å². The van der Waals surface area contributed by atoms with Crippen LogP contribution < -0.4 is 20.1 Å². The zero-order valence-electron chi connectivity index (χ0n) is 21.2. The van der Waals surface area contributed by atoms with Crippen molar-refractivity contribution in [2.24, 2.45) is 5.92 Å². The number of benzene rings is 2. The van der Waals surface area contributed by atoms with Crippen LogP contribution in [0, 0.1) is 5.92 Å². The van der Waals surface area contributed by atoms with Crippen LogP contribution in [0.25, 0.3) is 21.9 Å². The van der Waals surface area contributed by atoms with Gasteiger partial charge < -0.3 is 24.3 Å². The highest BCUT2D eigenvalue weighted by Crippen LogP contribution is 2.49. The molecule has 1 aliphatic carbocycles. The number of hydrogen-bond acceptors (Lipinski definition) is 10. The van der Waals surface area contributed by atoms with Crippen LogP contribution in [0.4, 0.5) is 5.95 Å². The van der Waals surface area contributed by atoms with Crippen LogP contribution in [-0.2, 0) is 18.6 Å². The number of imidazole rings is 1. The van der Waals surface area contributed by atoms with E-state index in [1.165, 1.54) is 14.2 Å². The first-order chi connectivity index (χ1) is 18.3. The van der Waals surface area contributed by atoms with Gasteiger partial charge in [0.05, 0.1) is 27.2 Å². The molecule has 2 aromatic heterocycles. The Morgan fingerprint density at radius 1 is 1.18 bits per heavy atom. The first kappa shape index (κ1) is 25.9. The van der Waals surface area contributed by atoms with E-state index in [2.05, 4.69) is 20.0 Å². The Balaban J connectivity index is 1.30. The monoisotopic (exact) mass is 540 g/mol. The van der Waals surface area contributed by atoms with Gasteiger partial charge in [-0.1, -0.05) is 36.4 Å². The number of nitrogens with one attached hydrogen (secondary N) is 1. The van der Waals surface area contributed by atoms with Crippen molar-refractivity contribution in [2.75, 3.05) is 26.6 Å². The molecule has 0 bridgehead atoms. The highest BCUT2D eigenvalue weighted by molar-refractivity contribution is 7.52. The molecule has 0 saturated heterocycles. The molecule has 2 atom stereocenters. The average molecular weight is 541 g/mol. The van der Waals surface area contributed by atoms with E-state index in [0.717, 1.165) is 23.6 Å². The minimum atomic E-state index is -3.96. The van der Waals surface area contributed by atoms with E-state index in [-0.39, 0.29) is 24.5 Å². The molecule has 0 aliphatic heterocycles. The van der Waals surface area contributed by atoms with Gasteiger partial charge in [-0.2, -0.15) is 15.1 Å². The summed E-state index contributed by atoms with van der Waals surface area (Å²) in [6.45, 7) is 1.70. The number of nitrogen functional groups attached to an aromatic ring is 1. The molecular formula is C25H29N6O6P. The van der Waals surface area contributed by atoms with Gasteiger partial charge in [0, 0.05) is 11.4 Å². The van der Waals surface area contributed by atoms with Crippen LogP contribution in [-0.4, -0.2) is 52.4 Å². The summed E-state index contributed by atoms with van der Waals surface area (Å²) >= 11 is 0. The van der Waals surface area contributed by atoms with E-state index in [1.54, 1.807) is 19.3 Å². The number of nitrogens with zero attached hydrogens (tertiary/aromatic N) is 4. The van der Waals surface area contributed by atoms with Gasteiger partial charge in [-0.05, 0) is 37.1 Å². The van der Waals surface area contributed by atoms with E-state index in [4.69, 9.17) is 24.3 Å². The fourth-order valence-electron chi connectivity index (χ4n) is 4.54. The lowest BCUT2D eigenvalue weighted by Gasteiger charge is -2.36. The van der Waals surface area contributed by atoms with E-state index >= 15 is 0 Å². The lowest BCUT2D eigenvalue weighted by atomic mass is 9.81. The van der Waals surface area contributed by atoms with Gasteiger partial charge in [0.25, 0.3) is 0 Å². The van der Waals surface area contributed by atoms with Crippen LogP contribution in [0.5, 0.6) is 11.6 Å². The molecule has 1 aliphatic rings. The molecular weight excluding hydrogens is 511 g/mol. The fraction of sp³-hybridized carbons (Fsp3) is 0.360. The van der Waals surface area contributed by atoms with Gasteiger partial charge in [0.1, 0.15) is 11.8 Å². The standard InChI is InChI=1S/C25H29N6O6P/c1-15(24(32)35-3)30-38(33,37-20-10-6-8-17-7-4-5-9-19(17)20)36-13-16-11-18(12-16)31-14-27-21-22(31)28-25(26)29-23(21)34-2/h4-10,14-16,18H,11-13H2,1-3H3,(H,30,33)(H2,26,28,29)/t15-,16-,18+,38?/m0/s1. The van der Waals surface area contributed by atoms with Crippen molar-refractivity contribution in [3.05, 3.63) is 48.8 Å². The Kier molecular flexibility index (Phi) is 7.20. The highest BCUT2D eigenvalue weighted by atomic mass is 31.2. The summed E-state index contributed by atoms with van der Waals surface area (Å²) in [5, 5.41) is 4.42. The molecule has 1 saturated carbocycles.